The fraction of sp³-hybridized carbons (Fsp3) is 0.808. The molecule has 1 radical (unpaired) electrons. The Bertz CT molecular complexity index is 433. The second-order valence-electron chi connectivity index (χ2n) is 8.47. The van der Waals surface area contributed by atoms with Crippen molar-refractivity contribution in [2.75, 3.05) is 0 Å². The minimum atomic E-state index is 0.971. The van der Waals surface area contributed by atoms with Crippen LogP contribution in [0.15, 0.2) is 6.07 Å². The van der Waals surface area contributed by atoms with Gasteiger partial charge in [0.05, 0.1) is 0 Å². The van der Waals surface area contributed by atoms with Crippen LogP contribution in [-0.2, 0) is 19.3 Å². The molecule has 28 heavy (non-hydrogen) atoms. The second kappa shape index (κ2) is 18.1. The van der Waals surface area contributed by atoms with E-state index in [1.807, 2.05) is 0 Å². The van der Waals surface area contributed by atoms with Crippen LogP contribution < -0.4 is 0 Å². The average Bonchev–Trinajstić information content (AvgIpc) is 2.71. The minimum absolute atomic E-state index is 0.971. The summed E-state index contributed by atoms with van der Waals surface area (Å²) in [6, 6.07) is 2.29. The molecule has 0 N–H and O–H groups in total. The molecule has 0 aliphatic rings. The summed E-state index contributed by atoms with van der Waals surface area (Å²) in [5.74, 6) is 1.06. The summed E-state index contributed by atoms with van der Waals surface area (Å²) in [4.78, 5) is 9.71. The first-order valence-electron chi connectivity index (χ1n) is 12.4. The van der Waals surface area contributed by atoms with Crippen molar-refractivity contribution in [2.45, 2.75) is 136 Å². The number of aromatic nitrogens is 2. The third-order valence-corrected chi connectivity index (χ3v) is 5.60. The summed E-state index contributed by atoms with van der Waals surface area (Å²) in [5, 5.41) is 0. The lowest BCUT2D eigenvalue weighted by molar-refractivity contribution is 0.581. The number of hydrogen-bond donors (Lipinski definition) is 0. The van der Waals surface area contributed by atoms with Gasteiger partial charge in [0, 0.05) is 17.8 Å². The highest BCUT2D eigenvalue weighted by Gasteiger charge is 2.06. The first kappa shape index (κ1) is 25.1. The minimum Gasteiger partial charge on any atom is -0.238 e. The van der Waals surface area contributed by atoms with Crippen molar-refractivity contribution in [3.05, 3.63) is 30.2 Å². The molecule has 0 atom stereocenters. The van der Waals surface area contributed by atoms with Gasteiger partial charge in [-0.2, -0.15) is 0 Å². The maximum atomic E-state index is 4.86. The molecule has 161 valence electrons. The molecule has 2 heteroatoms. The van der Waals surface area contributed by atoms with Gasteiger partial charge in [-0.3, -0.25) is 0 Å². The molecule has 1 heterocycles. The highest BCUT2D eigenvalue weighted by atomic mass is 14.9. The lowest BCUT2D eigenvalue weighted by atomic mass is 10.0. The predicted octanol–water partition coefficient (Wildman–Crippen LogP) is 8.22. The standard InChI is InChI=1S/C26H47N2/c1-4-7-10-12-14-16-18-20-24-23-25(28-26(27-24)22-9-6-3)21-19-17-15-13-11-8-5-2/h23H,3-22H2,1-2H3. The first-order chi connectivity index (χ1) is 13.8. The van der Waals surface area contributed by atoms with Gasteiger partial charge in [0.2, 0.25) is 0 Å². The number of rotatable bonds is 19. The third kappa shape index (κ3) is 13.3. The molecule has 0 fully saturated rings. The monoisotopic (exact) mass is 387 g/mol. The molecule has 1 aromatic rings. The summed E-state index contributed by atoms with van der Waals surface area (Å²) in [5.41, 5.74) is 2.56. The van der Waals surface area contributed by atoms with Gasteiger partial charge in [0.25, 0.3) is 0 Å². The summed E-state index contributed by atoms with van der Waals surface area (Å²) in [6.45, 7) is 8.54. The van der Waals surface area contributed by atoms with Crippen LogP contribution in [0.4, 0.5) is 0 Å². The van der Waals surface area contributed by atoms with Crippen molar-refractivity contribution in [1.82, 2.24) is 9.97 Å². The number of nitrogens with zero attached hydrogens (tertiary/aromatic N) is 2. The van der Waals surface area contributed by atoms with Crippen molar-refractivity contribution in [1.29, 1.82) is 0 Å². The average molecular weight is 388 g/mol. The van der Waals surface area contributed by atoms with Gasteiger partial charge in [0.15, 0.2) is 0 Å². The van der Waals surface area contributed by atoms with Crippen molar-refractivity contribution in [3.63, 3.8) is 0 Å². The molecule has 0 amide bonds. The molecule has 0 saturated heterocycles. The Morgan fingerprint density at radius 2 is 1.00 bits per heavy atom. The number of aryl methyl sites for hydroxylation is 3. The Labute approximate surface area is 176 Å². The highest BCUT2D eigenvalue weighted by molar-refractivity contribution is 5.12. The first-order valence-corrected chi connectivity index (χ1v) is 12.4. The number of hydrogen-bond acceptors (Lipinski definition) is 2. The van der Waals surface area contributed by atoms with E-state index < -0.39 is 0 Å². The molecular formula is C26H47N2. The van der Waals surface area contributed by atoms with Crippen molar-refractivity contribution >= 4 is 0 Å². The van der Waals surface area contributed by atoms with E-state index in [0.29, 0.717) is 0 Å². The van der Waals surface area contributed by atoms with E-state index in [0.717, 1.165) is 37.9 Å². The topological polar surface area (TPSA) is 25.8 Å². The molecule has 0 spiro atoms. The molecule has 2 nitrogen and oxygen atoms in total. The predicted molar refractivity (Wildman–Crippen MR) is 124 cm³/mol. The van der Waals surface area contributed by atoms with E-state index in [1.54, 1.807) is 0 Å². The third-order valence-electron chi connectivity index (χ3n) is 5.60. The Kier molecular flexibility index (Phi) is 16.3. The quantitative estimate of drug-likeness (QED) is 0.223. The van der Waals surface area contributed by atoms with Crippen LogP contribution >= 0.6 is 0 Å². The van der Waals surface area contributed by atoms with Gasteiger partial charge in [-0.25, -0.2) is 9.97 Å². The Hall–Kier alpha value is -0.920. The Morgan fingerprint density at radius 1 is 0.571 bits per heavy atom. The van der Waals surface area contributed by atoms with E-state index in [9.17, 15) is 0 Å². The van der Waals surface area contributed by atoms with Gasteiger partial charge in [-0.15, -0.1) is 0 Å². The molecule has 0 saturated carbocycles. The summed E-state index contributed by atoms with van der Waals surface area (Å²) in [7, 11) is 0. The summed E-state index contributed by atoms with van der Waals surface area (Å²) in [6.07, 6.45) is 24.3. The molecule has 1 aromatic heterocycles. The molecule has 0 aliphatic carbocycles. The molecule has 0 unspecified atom stereocenters. The summed E-state index contributed by atoms with van der Waals surface area (Å²) >= 11 is 0. The zero-order chi connectivity index (χ0) is 20.3. The molecular weight excluding hydrogens is 340 g/mol. The smallest absolute Gasteiger partial charge is 0.128 e. The fourth-order valence-electron chi connectivity index (χ4n) is 3.79. The highest BCUT2D eigenvalue weighted by Crippen LogP contribution is 2.14. The maximum Gasteiger partial charge on any atom is 0.128 e. The maximum absolute atomic E-state index is 4.86. The normalized spacial score (nSPS) is 11.2. The fourth-order valence-corrected chi connectivity index (χ4v) is 3.79. The number of unbranched alkanes of at least 4 members (excludes halogenated alkanes) is 13. The van der Waals surface area contributed by atoms with Crippen LogP contribution in [0.1, 0.15) is 134 Å². The molecule has 0 aliphatic heterocycles. The van der Waals surface area contributed by atoms with E-state index in [4.69, 9.17) is 9.97 Å². The molecule has 0 aromatic carbocycles. The van der Waals surface area contributed by atoms with Gasteiger partial charge >= 0.3 is 0 Å². The largest absolute Gasteiger partial charge is 0.238 e. The lowest BCUT2D eigenvalue weighted by Crippen LogP contribution is -2.04. The van der Waals surface area contributed by atoms with Gasteiger partial charge in [0.1, 0.15) is 5.82 Å². The Balaban J connectivity index is 2.39. The van der Waals surface area contributed by atoms with Gasteiger partial charge in [-0.1, -0.05) is 104 Å². The van der Waals surface area contributed by atoms with Crippen LogP contribution in [0.3, 0.4) is 0 Å². The van der Waals surface area contributed by atoms with Crippen molar-refractivity contribution in [2.24, 2.45) is 0 Å². The van der Waals surface area contributed by atoms with Crippen LogP contribution in [-0.4, -0.2) is 9.97 Å². The second-order valence-corrected chi connectivity index (χ2v) is 8.47. The molecule has 0 bridgehead atoms. The zero-order valence-corrected chi connectivity index (χ0v) is 19.1. The lowest BCUT2D eigenvalue weighted by Gasteiger charge is -2.09. The van der Waals surface area contributed by atoms with E-state index in [2.05, 4.69) is 26.8 Å². The van der Waals surface area contributed by atoms with Crippen LogP contribution in [0.25, 0.3) is 0 Å². The Morgan fingerprint density at radius 3 is 1.43 bits per heavy atom. The van der Waals surface area contributed by atoms with Gasteiger partial charge < -0.3 is 0 Å². The van der Waals surface area contributed by atoms with Crippen molar-refractivity contribution < 1.29 is 0 Å². The van der Waals surface area contributed by atoms with E-state index >= 15 is 0 Å². The zero-order valence-electron chi connectivity index (χ0n) is 19.1. The van der Waals surface area contributed by atoms with Crippen LogP contribution in [0.5, 0.6) is 0 Å². The summed E-state index contributed by atoms with van der Waals surface area (Å²) < 4.78 is 0. The van der Waals surface area contributed by atoms with Crippen molar-refractivity contribution in [3.8, 4) is 0 Å². The SMILES string of the molecule is [CH2]CCCc1nc(CCCCCCCCC)cc(CCCCCCCCC)n1. The van der Waals surface area contributed by atoms with Crippen LogP contribution in [0.2, 0.25) is 0 Å². The van der Waals surface area contributed by atoms with E-state index in [1.165, 1.54) is 101 Å². The van der Waals surface area contributed by atoms with E-state index in [-0.39, 0.29) is 0 Å². The van der Waals surface area contributed by atoms with Crippen LogP contribution in [0, 0.1) is 6.92 Å². The molecule has 1 rings (SSSR count). The van der Waals surface area contributed by atoms with Gasteiger partial charge in [-0.05, 0) is 38.2 Å².